The van der Waals surface area contributed by atoms with Gasteiger partial charge in [-0.25, -0.2) is 4.79 Å². The Balaban J connectivity index is 1.98. The van der Waals surface area contributed by atoms with Crippen LogP contribution in [0, 0.1) is 0 Å². The number of anilines is 3. The molecule has 0 saturated heterocycles. The Bertz CT molecular complexity index is 781. The number of nitrogens with one attached hydrogen (secondary N) is 1. The topological polar surface area (TPSA) is 50.2 Å². The zero-order valence-electron chi connectivity index (χ0n) is 14.0. The van der Waals surface area contributed by atoms with Gasteiger partial charge in [-0.3, -0.25) is 4.57 Å². The SMILES string of the molecule is CCN(CC)c1ccc2c(c1)Nc1nc(=O)n(C(C)C)cc1S2. The molecule has 0 spiro atoms. The normalized spacial score (nSPS) is 12.6. The molecule has 2 aromatic rings. The first-order valence-electron chi connectivity index (χ1n) is 8.00. The first-order chi connectivity index (χ1) is 11.0. The van der Waals surface area contributed by atoms with E-state index in [2.05, 4.69) is 47.2 Å². The van der Waals surface area contributed by atoms with Crippen LogP contribution in [0.1, 0.15) is 33.7 Å². The standard InChI is InChI=1S/C17H22N4OS/c1-5-20(6-2)12-7-8-14-13(9-12)18-16-15(23-14)10-21(11(3)4)17(22)19-16/h7-11H,5-6H2,1-4H3,(H,18,19,22). The fourth-order valence-electron chi connectivity index (χ4n) is 2.72. The fraction of sp³-hybridized carbons (Fsp3) is 0.412. The molecule has 0 aliphatic carbocycles. The molecule has 1 aromatic carbocycles. The highest BCUT2D eigenvalue weighted by molar-refractivity contribution is 7.99. The van der Waals surface area contributed by atoms with Crippen molar-refractivity contribution in [3.05, 3.63) is 34.9 Å². The maximum Gasteiger partial charge on any atom is 0.349 e. The predicted molar refractivity (Wildman–Crippen MR) is 96.3 cm³/mol. The second kappa shape index (κ2) is 6.28. The van der Waals surface area contributed by atoms with E-state index in [-0.39, 0.29) is 11.7 Å². The van der Waals surface area contributed by atoms with Crippen molar-refractivity contribution in [1.29, 1.82) is 0 Å². The van der Waals surface area contributed by atoms with Gasteiger partial charge in [0.15, 0.2) is 5.82 Å². The molecule has 1 N–H and O–H groups in total. The summed E-state index contributed by atoms with van der Waals surface area (Å²) in [5.74, 6) is 0.654. The van der Waals surface area contributed by atoms with Crippen LogP contribution in [0.15, 0.2) is 39.0 Å². The van der Waals surface area contributed by atoms with Crippen LogP contribution in [0.25, 0.3) is 0 Å². The summed E-state index contributed by atoms with van der Waals surface area (Å²) < 4.78 is 1.67. The number of nitrogens with zero attached hydrogens (tertiary/aromatic N) is 3. The van der Waals surface area contributed by atoms with Crippen LogP contribution in [0.2, 0.25) is 0 Å². The lowest BCUT2D eigenvalue weighted by molar-refractivity contribution is 0.557. The van der Waals surface area contributed by atoms with Crippen molar-refractivity contribution in [1.82, 2.24) is 9.55 Å². The molecule has 2 heterocycles. The number of hydrogen-bond donors (Lipinski definition) is 1. The summed E-state index contributed by atoms with van der Waals surface area (Å²) in [5.41, 5.74) is 1.98. The Hall–Kier alpha value is -1.95. The van der Waals surface area contributed by atoms with Crippen LogP contribution < -0.4 is 15.9 Å². The molecule has 0 atom stereocenters. The average molecular weight is 330 g/mol. The van der Waals surface area contributed by atoms with Gasteiger partial charge in [0.2, 0.25) is 0 Å². The molecule has 0 saturated carbocycles. The van der Waals surface area contributed by atoms with Crippen molar-refractivity contribution < 1.29 is 0 Å². The molecule has 3 rings (SSSR count). The minimum absolute atomic E-state index is 0.104. The highest BCUT2D eigenvalue weighted by atomic mass is 32.2. The maximum absolute atomic E-state index is 12.1. The van der Waals surface area contributed by atoms with Gasteiger partial charge in [0.05, 0.1) is 10.6 Å². The van der Waals surface area contributed by atoms with E-state index in [1.165, 1.54) is 5.69 Å². The summed E-state index contributed by atoms with van der Waals surface area (Å²) in [6.07, 6.45) is 1.90. The van der Waals surface area contributed by atoms with Gasteiger partial charge in [-0.1, -0.05) is 11.8 Å². The second-order valence-electron chi connectivity index (χ2n) is 5.82. The van der Waals surface area contributed by atoms with Crippen LogP contribution in [0.4, 0.5) is 17.2 Å². The molecule has 0 radical (unpaired) electrons. The van der Waals surface area contributed by atoms with Crippen LogP contribution in [-0.2, 0) is 0 Å². The first kappa shape index (κ1) is 15.9. The average Bonchev–Trinajstić information content (AvgIpc) is 2.53. The molecular formula is C17H22N4OS. The first-order valence-corrected chi connectivity index (χ1v) is 8.82. The van der Waals surface area contributed by atoms with E-state index in [9.17, 15) is 4.79 Å². The minimum atomic E-state index is -0.213. The third-order valence-corrected chi connectivity index (χ3v) is 5.13. The van der Waals surface area contributed by atoms with Gasteiger partial charge in [-0.05, 0) is 45.9 Å². The second-order valence-corrected chi connectivity index (χ2v) is 6.90. The zero-order valence-corrected chi connectivity index (χ0v) is 14.8. The van der Waals surface area contributed by atoms with Crippen molar-refractivity contribution in [3.63, 3.8) is 0 Å². The number of aromatic nitrogens is 2. The highest BCUT2D eigenvalue weighted by Gasteiger charge is 2.20. The third kappa shape index (κ3) is 2.95. The summed E-state index contributed by atoms with van der Waals surface area (Å²) in [5, 5.41) is 3.32. The number of hydrogen-bond acceptors (Lipinski definition) is 5. The molecule has 5 nitrogen and oxygen atoms in total. The smallest absolute Gasteiger partial charge is 0.349 e. The van der Waals surface area contributed by atoms with Crippen molar-refractivity contribution in [2.45, 2.75) is 43.5 Å². The monoisotopic (exact) mass is 330 g/mol. The van der Waals surface area contributed by atoms with E-state index < -0.39 is 0 Å². The van der Waals surface area contributed by atoms with E-state index in [4.69, 9.17) is 0 Å². The predicted octanol–water partition coefficient (Wildman–Crippen LogP) is 3.88. The van der Waals surface area contributed by atoms with Crippen LogP contribution in [0.3, 0.4) is 0 Å². The van der Waals surface area contributed by atoms with Crippen molar-refractivity contribution in [2.24, 2.45) is 0 Å². The van der Waals surface area contributed by atoms with E-state index in [1.54, 1.807) is 16.3 Å². The van der Waals surface area contributed by atoms with E-state index in [0.717, 1.165) is 28.6 Å². The molecule has 23 heavy (non-hydrogen) atoms. The lowest BCUT2D eigenvalue weighted by Crippen LogP contribution is -2.26. The van der Waals surface area contributed by atoms with Crippen molar-refractivity contribution in [2.75, 3.05) is 23.3 Å². The Kier molecular flexibility index (Phi) is 4.35. The van der Waals surface area contributed by atoms with Gasteiger partial charge in [-0.2, -0.15) is 4.98 Å². The molecule has 0 bridgehead atoms. The van der Waals surface area contributed by atoms with Gasteiger partial charge in [0, 0.05) is 35.9 Å². The summed E-state index contributed by atoms with van der Waals surface area (Å²) in [4.78, 5) is 20.8. The third-order valence-electron chi connectivity index (χ3n) is 4.04. The van der Waals surface area contributed by atoms with Crippen LogP contribution in [-0.4, -0.2) is 22.6 Å². The maximum atomic E-state index is 12.1. The largest absolute Gasteiger partial charge is 0.372 e. The molecule has 0 amide bonds. The number of rotatable bonds is 4. The Morgan fingerprint density at radius 1 is 1.26 bits per heavy atom. The van der Waals surface area contributed by atoms with Gasteiger partial charge < -0.3 is 10.2 Å². The van der Waals surface area contributed by atoms with Gasteiger partial charge in [-0.15, -0.1) is 0 Å². The Morgan fingerprint density at radius 2 is 2.00 bits per heavy atom. The lowest BCUT2D eigenvalue weighted by atomic mass is 10.2. The summed E-state index contributed by atoms with van der Waals surface area (Å²) >= 11 is 1.66. The molecule has 1 aliphatic rings. The number of fused-ring (bicyclic) bond motifs is 2. The summed E-state index contributed by atoms with van der Waals surface area (Å²) in [6.45, 7) is 10.2. The molecule has 122 valence electrons. The molecule has 1 aromatic heterocycles. The molecular weight excluding hydrogens is 308 g/mol. The summed E-state index contributed by atoms with van der Waals surface area (Å²) in [7, 11) is 0. The van der Waals surface area contributed by atoms with Crippen molar-refractivity contribution >= 4 is 29.0 Å². The molecule has 0 fully saturated rings. The lowest BCUT2D eigenvalue weighted by Gasteiger charge is -2.25. The fourth-order valence-corrected chi connectivity index (χ4v) is 3.67. The molecule has 0 unspecified atom stereocenters. The minimum Gasteiger partial charge on any atom is -0.372 e. The Morgan fingerprint density at radius 3 is 2.65 bits per heavy atom. The van der Waals surface area contributed by atoms with Gasteiger partial charge >= 0.3 is 5.69 Å². The molecule has 1 aliphatic heterocycles. The van der Waals surface area contributed by atoms with Gasteiger partial charge in [0.1, 0.15) is 0 Å². The van der Waals surface area contributed by atoms with Crippen molar-refractivity contribution in [3.8, 4) is 0 Å². The van der Waals surface area contributed by atoms with Crippen LogP contribution in [0.5, 0.6) is 0 Å². The Labute approximate surface area is 140 Å². The summed E-state index contributed by atoms with van der Waals surface area (Å²) in [6, 6.07) is 6.52. The molecule has 6 heteroatoms. The van der Waals surface area contributed by atoms with Gasteiger partial charge in [0.25, 0.3) is 0 Å². The van der Waals surface area contributed by atoms with E-state index in [0.29, 0.717) is 5.82 Å². The zero-order chi connectivity index (χ0) is 16.6. The number of benzene rings is 1. The quantitative estimate of drug-likeness (QED) is 0.787. The van der Waals surface area contributed by atoms with E-state index >= 15 is 0 Å². The van der Waals surface area contributed by atoms with Crippen LogP contribution >= 0.6 is 11.8 Å². The highest BCUT2D eigenvalue weighted by Crippen LogP contribution is 2.44. The van der Waals surface area contributed by atoms with E-state index in [1.807, 2.05) is 20.0 Å².